The summed E-state index contributed by atoms with van der Waals surface area (Å²) in [6.07, 6.45) is 1.86. The summed E-state index contributed by atoms with van der Waals surface area (Å²) in [5.74, 6) is 0.205. The van der Waals surface area contributed by atoms with Crippen molar-refractivity contribution < 1.29 is 23.9 Å². The molecule has 9 heteroatoms. The highest BCUT2D eigenvalue weighted by Crippen LogP contribution is 2.54. The van der Waals surface area contributed by atoms with Crippen molar-refractivity contribution in [2.75, 3.05) is 11.9 Å². The second-order valence-corrected chi connectivity index (χ2v) is 13.9. The van der Waals surface area contributed by atoms with Gasteiger partial charge >= 0.3 is 0 Å². The molecule has 1 heterocycles. The molecule has 0 saturated heterocycles. The molecular formula is C32H32Cl3NO5. The first-order valence-corrected chi connectivity index (χ1v) is 14.7. The summed E-state index contributed by atoms with van der Waals surface area (Å²) in [6.45, 7) is 9.68. The number of ether oxygens (including phenoxy) is 2. The third-order valence-electron chi connectivity index (χ3n) is 7.74. The molecule has 0 bridgehead atoms. The van der Waals surface area contributed by atoms with Gasteiger partial charge in [0.2, 0.25) is 0 Å². The number of aryl methyl sites for hydroxylation is 1. The van der Waals surface area contributed by atoms with Crippen LogP contribution >= 0.6 is 34.8 Å². The van der Waals surface area contributed by atoms with Crippen molar-refractivity contribution in [2.24, 2.45) is 10.8 Å². The Balaban J connectivity index is 1.46. The molecule has 1 N–H and O–H groups in total. The molecule has 5 rings (SSSR count). The largest absolute Gasteiger partial charge is 0.481 e. The molecule has 2 aromatic rings. The monoisotopic (exact) mass is 615 g/mol. The number of allylic oxidation sites excluding steroid dienone is 4. The molecule has 0 fully saturated rings. The Hall–Kier alpha value is -2.80. The van der Waals surface area contributed by atoms with Crippen LogP contribution in [0.4, 0.5) is 5.69 Å². The van der Waals surface area contributed by atoms with Gasteiger partial charge in [-0.2, -0.15) is 0 Å². The molecule has 41 heavy (non-hydrogen) atoms. The van der Waals surface area contributed by atoms with Crippen LogP contribution in [-0.2, 0) is 19.1 Å². The Morgan fingerprint density at radius 1 is 0.878 bits per heavy atom. The molecule has 6 nitrogen and oxygen atoms in total. The predicted molar refractivity (Wildman–Crippen MR) is 161 cm³/mol. The van der Waals surface area contributed by atoms with Gasteiger partial charge in [0.05, 0.1) is 10.0 Å². The molecular weight excluding hydrogens is 585 g/mol. The standard InChI is InChI=1S/C32H32Cl3NO5/c1-16-6-7-18(10-19(16)33)36-26(39)15-40-30-20(34)8-17(9-21(30)35)27-28-22(37)11-31(2,3)13-24(28)41-25-14-32(4,5)12-23(38)29(25)27/h6-10,27H,11-15H2,1-5H3,(H,36,39). The lowest BCUT2D eigenvalue weighted by Crippen LogP contribution is -2.37. The molecule has 2 aliphatic carbocycles. The normalized spacial score (nSPS) is 19.9. The number of hydrogen-bond acceptors (Lipinski definition) is 5. The van der Waals surface area contributed by atoms with Crippen molar-refractivity contribution in [3.8, 4) is 5.75 Å². The van der Waals surface area contributed by atoms with E-state index in [1.54, 1.807) is 30.3 Å². The Kier molecular flexibility index (Phi) is 7.82. The number of anilines is 1. The van der Waals surface area contributed by atoms with Crippen LogP contribution in [0.5, 0.6) is 5.75 Å². The average molecular weight is 617 g/mol. The molecule has 3 aliphatic rings. The number of hydrogen-bond donors (Lipinski definition) is 1. The van der Waals surface area contributed by atoms with Crippen molar-refractivity contribution in [2.45, 2.75) is 66.2 Å². The van der Waals surface area contributed by atoms with Crippen LogP contribution in [0.1, 0.15) is 70.4 Å². The topological polar surface area (TPSA) is 81.7 Å². The van der Waals surface area contributed by atoms with Crippen LogP contribution in [0.25, 0.3) is 0 Å². The smallest absolute Gasteiger partial charge is 0.262 e. The second kappa shape index (κ2) is 10.8. The summed E-state index contributed by atoms with van der Waals surface area (Å²) >= 11 is 19.5. The van der Waals surface area contributed by atoms with E-state index in [0.717, 1.165) is 5.56 Å². The number of benzene rings is 2. The van der Waals surface area contributed by atoms with Gasteiger partial charge in [-0.05, 0) is 53.1 Å². The van der Waals surface area contributed by atoms with E-state index in [1.807, 2.05) is 34.6 Å². The van der Waals surface area contributed by atoms with Gasteiger partial charge in [-0.1, -0.05) is 68.6 Å². The first-order valence-electron chi connectivity index (χ1n) is 13.5. The summed E-state index contributed by atoms with van der Waals surface area (Å²) in [6, 6.07) is 8.52. The van der Waals surface area contributed by atoms with Gasteiger partial charge in [-0.3, -0.25) is 14.4 Å². The summed E-state index contributed by atoms with van der Waals surface area (Å²) < 4.78 is 12.1. The molecule has 2 aromatic carbocycles. The third-order valence-corrected chi connectivity index (χ3v) is 8.71. The molecule has 0 saturated carbocycles. The van der Waals surface area contributed by atoms with Crippen molar-refractivity contribution in [3.05, 3.63) is 79.2 Å². The zero-order valence-electron chi connectivity index (χ0n) is 23.7. The van der Waals surface area contributed by atoms with Crippen molar-refractivity contribution in [1.29, 1.82) is 0 Å². The number of rotatable bonds is 5. The van der Waals surface area contributed by atoms with E-state index < -0.39 is 11.8 Å². The van der Waals surface area contributed by atoms with Gasteiger partial charge in [-0.15, -0.1) is 0 Å². The van der Waals surface area contributed by atoms with Crippen LogP contribution in [0.2, 0.25) is 15.1 Å². The maximum atomic E-state index is 13.5. The molecule has 216 valence electrons. The van der Waals surface area contributed by atoms with Gasteiger partial charge in [0.1, 0.15) is 11.5 Å². The number of nitrogens with one attached hydrogen (secondary N) is 1. The molecule has 1 amide bonds. The van der Waals surface area contributed by atoms with E-state index >= 15 is 0 Å². The molecule has 0 radical (unpaired) electrons. The predicted octanol–water partition coefficient (Wildman–Crippen LogP) is 8.37. The van der Waals surface area contributed by atoms with Crippen LogP contribution in [0.15, 0.2) is 53.0 Å². The van der Waals surface area contributed by atoms with E-state index in [2.05, 4.69) is 5.32 Å². The second-order valence-electron chi connectivity index (χ2n) is 12.7. The number of ketones is 2. The molecule has 0 spiro atoms. The van der Waals surface area contributed by atoms with Crippen molar-refractivity contribution in [1.82, 2.24) is 0 Å². The SMILES string of the molecule is Cc1ccc(NC(=O)COc2c(Cl)cc(C3C4=C(CC(C)(C)CC4=O)OC4=C3C(=O)CC(C)(C)C4)cc2Cl)cc1Cl. The maximum absolute atomic E-state index is 13.5. The lowest BCUT2D eigenvalue weighted by atomic mass is 9.65. The van der Waals surface area contributed by atoms with Crippen molar-refractivity contribution in [3.63, 3.8) is 0 Å². The van der Waals surface area contributed by atoms with Crippen LogP contribution in [-0.4, -0.2) is 24.1 Å². The molecule has 0 unspecified atom stereocenters. The van der Waals surface area contributed by atoms with Gasteiger partial charge in [0, 0.05) is 53.5 Å². The average Bonchev–Trinajstić information content (AvgIpc) is 2.82. The van der Waals surface area contributed by atoms with Crippen LogP contribution in [0, 0.1) is 17.8 Å². The zero-order valence-corrected chi connectivity index (χ0v) is 25.9. The fourth-order valence-corrected chi connectivity index (χ4v) is 6.69. The highest BCUT2D eigenvalue weighted by molar-refractivity contribution is 6.37. The minimum Gasteiger partial charge on any atom is -0.481 e. The third kappa shape index (κ3) is 6.06. The van der Waals surface area contributed by atoms with E-state index in [9.17, 15) is 14.4 Å². The Bertz CT molecular complexity index is 1480. The number of carbonyl (C=O) groups is 3. The Morgan fingerprint density at radius 3 is 1.93 bits per heavy atom. The van der Waals surface area contributed by atoms with E-state index in [4.69, 9.17) is 44.3 Å². The maximum Gasteiger partial charge on any atom is 0.262 e. The summed E-state index contributed by atoms with van der Waals surface area (Å²) in [7, 11) is 0. The van der Waals surface area contributed by atoms with Gasteiger partial charge in [0.25, 0.3) is 5.91 Å². The minimum absolute atomic E-state index is 0.0501. The van der Waals surface area contributed by atoms with Gasteiger partial charge < -0.3 is 14.8 Å². The van der Waals surface area contributed by atoms with E-state index in [-0.39, 0.29) is 44.8 Å². The van der Waals surface area contributed by atoms with Crippen LogP contribution < -0.4 is 10.1 Å². The minimum atomic E-state index is -0.639. The number of Topliss-reactive ketones (excluding diaryl/α,β-unsaturated/α-hetero) is 2. The highest BCUT2D eigenvalue weighted by Gasteiger charge is 2.48. The lowest BCUT2D eigenvalue weighted by molar-refractivity contribution is -0.120. The first kappa shape index (κ1) is 29.7. The molecule has 0 atom stereocenters. The first-order chi connectivity index (χ1) is 19.1. The molecule has 0 aromatic heterocycles. The lowest BCUT2D eigenvalue weighted by Gasteiger charge is -2.42. The Labute approximate surface area is 255 Å². The summed E-state index contributed by atoms with van der Waals surface area (Å²) in [5, 5.41) is 3.61. The number of amides is 1. The Morgan fingerprint density at radius 2 is 1.41 bits per heavy atom. The quantitative estimate of drug-likeness (QED) is 0.365. The number of halogens is 3. The molecule has 1 aliphatic heterocycles. The van der Waals surface area contributed by atoms with Crippen LogP contribution in [0.3, 0.4) is 0 Å². The van der Waals surface area contributed by atoms with E-state index in [1.165, 1.54) is 0 Å². The van der Waals surface area contributed by atoms with Gasteiger partial charge in [-0.25, -0.2) is 0 Å². The summed E-state index contributed by atoms with van der Waals surface area (Å²) in [5.41, 5.74) is 2.51. The van der Waals surface area contributed by atoms with E-state index in [0.29, 0.717) is 64.6 Å². The fraction of sp³-hybridized carbons (Fsp3) is 0.406. The number of carbonyl (C=O) groups excluding carboxylic acids is 3. The van der Waals surface area contributed by atoms with Gasteiger partial charge in [0.15, 0.2) is 23.9 Å². The fourth-order valence-electron chi connectivity index (χ4n) is 5.90. The zero-order chi connectivity index (χ0) is 29.9. The summed E-state index contributed by atoms with van der Waals surface area (Å²) in [4.78, 5) is 39.6. The highest BCUT2D eigenvalue weighted by atomic mass is 35.5. The van der Waals surface area contributed by atoms with Crippen molar-refractivity contribution >= 4 is 58.0 Å².